The van der Waals surface area contributed by atoms with Gasteiger partial charge in [0, 0.05) is 30.0 Å². The maximum atomic E-state index is 14.1. The standard InChI is InChI=1S/C21H26FN3O2/c1-13-11-18(14(2)25(13)17-7-5-4-6-8-17)21(27)24-20-12-16(23-15(3)26)9-10-19(20)22/h9-12,17H,4-8H2,1-3H3,(H,23,26)(H,24,27). The Morgan fingerprint density at radius 2 is 1.78 bits per heavy atom. The fourth-order valence-corrected chi connectivity index (χ4v) is 4.00. The van der Waals surface area contributed by atoms with Crippen LogP contribution in [0.2, 0.25) is 0 Å². The van der Waals surface area contributed by atoms with Gasteiger partial charge < -0.3 is 15.2 Å². The van der Waals surface area contributed by atoms with Gasteiger partial charge in [0.15, 0.2) is 0 Å². The van der Waals surface area contributed by atoms with Crippen molar-refractivity contribution in [1.82, 2.24) is 4.57 Å². The van der Waals surface area contributed by atoms with E-state index in [1.807, 2.05) is 19.9 Å². The van der Waals surface area contributed by atoms with Crippen molar-refractivity contribution >= 4 is 23.2 Å². The molecule has 0 atom stereocenters. The number of hydrogen-bond donors (Lipinski definition) is 2. The van der Waals surface area contributed by atoms with Crippen LogP contribution in [0.1, 0.15) is 66.8 Å². The van der Waals surface area contributed by atoms with Crippen molar-refractivity contribution in [3.05, 3.63) is 47.0 Å². The summed E-state index contributed by atoms with van der Waals surface area (Å²) in [4.78, 5) is 24.0. The highest BCUT2D eigenvalue weighted by molar-refractivity contribution is 6.05. The zero-order valence-corrected chi connectivity index (χ0v) is 16.1. The fraction of sp³-hybridized carbons (Fsp3) is 0.429. The third-order valence-corrected chi connectivity index (χ3v) is 5.20. The van der Waals surface area contributed by atoms with Crippen molar-refractivity contribution in [2.75, 3.05) is 10.6 Å². The SMILES string of the molecule is CC(=O)Nc1ccc(F)c(NC(=O)c2cc(C)n(C3CCCCC3)c2C)c1. The number of rotatable bonds is 4. The van der Waals surface area contributed by atoms with Gasteiger partial charge in [-0.1, -0.05) is 19.3 Å². The van der Waals surface area contributed by atoms with E-state index in [0.717, 1.165) is 24.2 Å². The summed E-state index contributed by atoms with van der Waals surface area (Å²) in [7, 11) is 0. The number of aryl methyl sites for hydroxylation is 1. The molecule has 1 fully saturated rings. The molecule has 5 nitrogen and oxygen atoms in total. The van der Waals surface area contributed by atoms with Gasteiger partial charge >= 0.3 is 0 Å². The lowest BCUT2D eigenvalue weighted by molar-refractivity contribution is -0.114. The first-order valence-electron chi connectivity index (χ1n) is 9.43. The van der Waals surface area contributed by atoms with Crippen molar-refractivity contribution in [3.8, 4) is 0 Å². The Kier molecular flexibility index (Phi) is 5.63. The van der Waals surface area contributed by atoms with Gasteiger partial charge in [-0.25, -0.2) is 4.39 Å². The summed E-state index contributed by atoms with van der Waals surface area (Å²) in [5.41, 5.74) is 3.01. The Hall–Kier alpha value is -2.63. The van der Waals surface area contributed by atoms with E-state index in [1.54, 1.807) is 0 Å². The van der Waals surface area contributed by atoms with Crippen LogP contribution in [0.25, 0.3) is 0 Å². The first kappa shape index (κ1) is 19.1. The number of halogens is 1. The van der Waals surface area contributed by atoms with Gasteiger partial charge in [0.1, 0.15) is 5.82 Å². The average Bonchev–Trinajstić information content (AvgIpc) is 2.92. The maximum Gasteiger partial charge on any atom is 0.257 e. The van der Waals surface area contributed by atoms with Crippen LogP contribution >= 0.6 is 0 Å². The molecule has 2 aromatic rings. The number of nitrogens with one attached hydrogen (secondary N) is 2. The Morgan fingerprint density at radius 1 is 1.07 bits per heavy atom. The summed E-state index contributed by atoms with van der Waals surface area (Å²) in [6, 6.07) is 6.41. The molecule has 1 aromatic heterocycles. The van der Waals surface area contributed by atoms with Gasteiger partial charge in [0.2, 0.25) is 5.91 Å². The number of carbonyl (C=O) groups is 2. The highest BCUT2D eigenvalue weighted by atomic mass is 19.1. The molecule has 1 aromatic carbocycles. The number of amides is 2. The van der Waals surface area contributed by atoms with Crippen LogP contribution in [0.5, 0.6) is 0 Å². The number of hydrogen-bond acceptors (Lipinski definition) is 2. The minimum Gasteiger partial charge on any atom is -0.345 e. The van der Waals surface area contributed by atoms with Crippen LogP contribution in [0.4, 0.5) is 15.8 Å². The Labute approximate surface area is 159 Å². The molecule has 0 aliphatic heterocycles. The van der Waals surface area contributed by atoms with Gasteiger partial charge in [-0.05, 0) is 51.0 Å². The normalized spacial score (nSPS) is 14.8. The molecule has 0 radical (unpaired) electrons. The first-order valence-corrected chi connectivity index (χ1v) is 9.43. The number of benzene rings is 1. The van der Waals surface area contributed by atoms with Crippen molar-refractivity contribution in [1.29, 1.82) is 0 Å². The molecular formula is C21H26FN3O2. The zero-order chi connectivity index (χ0) is 19.6. The van der Waals surface area contributed by atoms with E-state index in [2.05, 4.69) is 15.2 Å². The Morgan fingerprint density at radius 3 is 2.44 bits per heavy atom. The van der Waals surface area contributed by atoms with Gasteiger partial charge in [-0.15, -0.1) is 0 Å². The van der Waals surface area contributed by atoms with E-state index < -0.39 is 5.82 Å². The Bertz CT molecular complexity index is 867. The number of anilines is 2. The predicted molar refractivity (Wildman–Crippen MR) is 105 cm³/mol. The summed E-state index contributed by atoms with van der Waals surface area (Å²) in [5, 5.41) is 5.24. The molecule has 27 heavy (non-hydrogen) atoms. The molecule has 0 saturated heterocycles. The number of carbonyl (C=O) groups excluding carboxylic acids is 2. The molecule has 144 valence electrons. The molecule has 1 aliphatic carbocycles. The van der Waals surface area contributed by atoms with Crippen molar-refractivity contribution in [2.45, 2.75) is 58.9 Å². The van der Waals surface area contributed by atoms with Crippen LogP contribution < -0.4 is 10.6 Å². The fourth-order valence-electron chi connectivity index (χ4n) is 4.00. The lowest BCUT2D eigenvalue weighted by atomic mass is 9.95. The number of aromatic nitrogens is 1. The molecule has 2 amide bonds. The van der Waals surface area contributed by atoms with Gasteiger partial charge in [-0.2, -0.15) is 0 Å². The highest BCUT2D eigenvalue weighted by Gasteiger charge is 2.23. The number of nitrogens with zero attached hydrogens (tertiary/aromatic N) is 1. The molecule has 1 aliphatic rings. The van der Waals surface area contributed by atoms with Gasteiger partial charge in [0.25, 0.3) is 5.91 Å². The Balaban J connectivity index is 1.84. The summed E-state index contributed by atoms with van der Waals surface area (Å²) in [6.07, 6.45) is 5.96. The third-order valence-electron chi connectivity index (χ3n) is 5.20. The van der Waals surface area contributed by atoms with E-state index >= 15 is 0 Å². The second-order valence-electron chi connectivity index (χ2n) is 7.28. The largest absolute Gasteiger partial charge is 0.345 e. The van der Waals surface area contributed by atoms with Crippen LogP contribution in [-0.2, 0) is 4.79 Å². The molecule has 3 rings (SSSR count). The molecule has 1 heterocycles. The summed E-state index contributed by atoms with van der Waals surface area (Å²) >= 11 is 0. The van der Waals surface area contributed by atoms with Crippen molar-refractivity contribution in [2.24, 2.45) is 0 Å². The van der Waals surface area contributed by atoms with Crippen LogP contribution in [-0.4, -0.2) is 16.4 Å². The van der Waals surface area contributed by atoms with Crippen LogP contribution in [0, 0.1) is 19.7 Å². The summed E-state index contributed by atoms with van der Waals surface area (Å²) in [6.45, 7) is 5.33. The van der Waals surface area contributed by atoms with Crippen LogP contribution in [0.15, 0.2) is 24.3 Å². The van der Waals surface area contributed by atoms with E-state index in [-0.39, 0.29) is 17.5 Å². The quantitative estimate of drug-likeness (QED) is 0.798. The first-order chi connectivity index (χ1) is 12.9. The van der Waals surface area contributed by atoms with Crippen molar-refractivity contribution in [3.63, 3.8) is 0 Å². The maximum absolute atomic E-state index is 14.1. The van der Waals surface area contributed by atoms with E-state index in [4.69, 9.17) is 0 Å². The molecular weight excluding hydrogens is 345 g/mol. The topological polar surface area (TPSA) is 63.1 Å². The zero-order valence-electron chi connectivity index (χ0n) is 16.1. The second-order valence-corrected chi connectivity index (χ2v) is 7.28. The highest BCUT2D eigenvalue weighted by Crippen LogP contribution is 2.32. The molecule has 1 saturated carbocycles. The van der Waals surface area contributed by atoms with Crippen molar-refractivity contribution < 1.29 is 14.0 Å². The van der Waals surface area contributed by atoms with Crippen LogP contribution in [0.3, 0.4) is 0 Å². The third kappa shape index (κ3) is 4.21. The van der Waals surface area contributed by atoms with E-state index in [0.29, 0.717) is 17.3 Å². The van der Waals surface area contributed by atoms with E-state index in [1.165, 1.54) is 44.4 Å². The smallest absolute Gasteiger partial charge is 0.257 e. The molecule has 6 heteroatoms. The monoisotopic (exact) mass is 371 g/mol. The van der Waals surface area contributed by atoms with Gasteiger partial charge in [0.05, 0.1) is 11.3 Å². The second kappa shape index (κ2) is 7.94. The van der Waals surface area contributed by atoms with E-state index in [9.17, 15) is 14.0 Å². The average molecular weight is 371 g/mol. The summed E-state index contributed by atoms with van der Waals surface area (Å²) < 4.78 is 16.4. The minimum atomic E-state index is -0.543. The molecule has 0 bridgehead atoms. The summed E-state index contributed by atoms with van der Waals surface area (Å²) in [5.74, 6) is -1.14. The molecule has 0 unspecified atom stereocenters. The lowest BCUT2D eigenvalue weighted by Crippen LogP contribution is -2.18. The molecule has 0 spiro atoms. The molecule has 2 N–H and O–H groups in total. The van der Waals surface area contributed by atoms with Gasteiger partial charge in [-0.3, -0.25) is 9.59 Å². The lowest BCUT2D eigenvalue weighted by Gasteiger charge is -2.26. The minimum absolute atomic E-state index is 0.0497. The predicted octanol–water partition coefficient (Wildman–Crippen LogP) is 4.96.